The minimum absolute atomic E-state index is 1.06. The first-order valence-electron chi connectivity index (χ1n) is 16.0. The Bertz CT molecular complexity index is 2770. The number of thiazole rings is 1. The van der Waals surface area contributed by atoms with Crippen molar-refractivity contribution in [3.8, 4) is 21.7 Å². The van der Waals surface area contributed by atoms with E-state index in [-0.39, 0.29) is 0 Å². The van der Waals surface area contributed by atoms with Gasteiger partial charge in [-0.2, -0.15) is 0 Å². The van der Waals surface area contributed by atoms with Crippen LogP contribution in [0, 0.1) is 0 Å². The summed E-state index contributed by atoms with van der Waals surface area (Å²) < 4.78 is 6.35. The predicted molar refractivity (Wildman–Crippen MR) is 211 cm³/mol. The Hall–Kier alpha value is -5.33. The van der Waals surface area contributed by atoms with Gasteiger partial charge < -0.3 is 4.90 Å². The van der Waals surface area contributed by atoms with E-state index in [2.05, 4.69) is 163 Å². The molecule has 3 aromatic heterocycles. The Kier molecular flexibility index (Phi) is 6.44. The molecule has 0 aliphatic carbocycles. The Morgan fingerprint density at radius 1 is 0.417 bits per heavy atom. The van der Waals surface area contributed by atoms with E-state index in [4.69, 9.17) is 4.98 Å². The average Bonchev–Trinajstić information content (AvgIpc) is 3.86. The van der Waals surface area contributed by atoms with Crippen LogP contribution >= 0.6 is 34.0 Å². The summed E-state index contributed by atoms with van der Waals surface area (Å²) in [5.74, 6) is 0. The van der Waals surface area contributed by atoms with Crippen LogP contribution in [0.3, 0.4) is 0 Å². The van der Waals surface area contributed by atoms with Crippen molar-refractivity contribution in [2.24, 2.45) is 0 Å². The fourth-order valence-electron chi connectivity index (χ4n) is 6.85. The smallest absolute Gasteiger partial charge is 0.124 e. The van der Waals surface area contributed by atoms with Crippen molar-refractivity contribution in [2.75, 3.05) is 4.90 Å². The SMILES string of the molecule is c1ccc(-c2ccc(N(c3ccc4sc5ccc6sc(-c7ccccc7)nc6c5c4c3)c3cccc4c3sc3ccccc34)cc2)cc1. The summed E-state index contributed by atoms with van der Waals surface area (Å²) in [5.41, 5.74) is 8.12. The minimum Gasteiger partial charge on any atom is -0.309 e. The van der Waals surface area contributed by atoms with Crippen LogP contribution < -0.4 is 4.90 Å². The molecule has 0 radical (unpaired) electrons. The standard InChI is InChI=1S/C43H26N2S3/c1-3-10-27(11-4-1)28-18-20-30(21-19-28)45(35-16-9-15-33-32-14-7-8-17-36(32)47-42(33)35)31-22-23-37-34(26-31)40-38(46-37)24-25-39-41(40)44-43(48-39)29-12-5-2-6-13-29/h1-26H. The van der Waals surface area contributed by atoms with Gasteiger partial charge in [0.2, 0.25) is 0 Å². The molecule has 0 aliphatic heterocycles. The molecule has 0 atom stereocenters. The molecular weight excluding hydrogens is 641 g/mol. The molecule has 0 spiro atoms. The predicted octanol–water partition coefficient (Wildman–Crippen LogP) is 13.8. The first-order chi connectivity index (χ1) is 23.8. The molecule has 0 fully saturated rings. The first kappa shape index (κ1) is 27.8. The number of benzene rings is 7. The van der Waals surface area contributed by atoms with Gasteiger partial charge in [0.15, 0.2) is 0 Å². The number of hydrogen-bond acceptors (Lipinski definition) is 5. The molecule has 0 amide bonds. The lowest BCUT2D eigenvalue weighted by Gasteiger charge is -2.26. The quantitative estimate of drug-likeness (QED) is 0.182. The molecule has 0 unspecified atom stereocenters. The second kappa shape index (κ2) is 11.1. The van der Waals surface area contributed by atoms with Crippen molar-refractivity contribution >= 4 is 102 Å². The second-order valence-electron chi connectivity index (χ2n) is 12.0. The third-order valence-electron chi connectivity index (χ3n) is 9.11. The fourth-order valence-corrected chi connectivity index (χ4v) is 10.1. The number of thiophene rings is 2. The van der Waals surface area contributed by atoms with E-state index in [0.717, 1.165) is 27.5 Å². The maximum absolute atomic E-state index is 5.24. The first-order valence-corrected chi connectivity index (χ1v) is 18.4. The van der Waals surface area contributed by atoms with Crippen molar-refractivity contribution in [3.63, 3.8) is 0 Å². The molecule has 10 aromatic rings. The summed E-state index contributed by atoms with van der Waals surface area (Å²) in [6.07, 6.45) is 0. The lowest BCUT2D eigenvalue weighted by Crippen LogP contribution is -2.10. The molecule has 7 aromatic carbocycles. The number of anilines is 3. The lowest BCUT2D eigenvalue weighted by molar-refractivity contribution is 1.31. The van der Waals surface area contributed by atoms with Gasteiger partial charge in [0.05, 0.1) is 20.6 Å². The third-order valence-corrected chi connectivity index (χ3v) is 12.5. The summed E-state index contributed by atoms with van der Waals surface area (Å²) in [7, 11) is 0. The van der Waals surface area contributed by atoms with E-state index < -0.39 is 0 Å². The number of fused-ring (bicyclic) bond motifs is 8. The molecule has 0 saturated carbocycles. The molecule has 0 bridgehead atoms. The van der Waals surface area contributed by atoms with Gasteiger partial charge in [0.25, 0.3) is 0 Å². The zero-order valence-corrected chi connectivity index (χ0v) is 28.1. The van der Waals surface area contributed by atoms with Crippen LogP contribution in [-0.2, 0) is 0 Å². The van der Waals surface area contributed by atoms with Crippen molar-refractivity contribution < 1.29 is 0 Å². The largest absolute Gasteiger partial charge is 0.309 e. The lowest BCUT2D eigenvalue weighted by atomic mass is 10.0. The van der Waals surface area contributed by atoms with Crippen LogP contribution in [0.25, 0.3) is 72.3 Å². The number of hydrogen-bond donors (Lipinski definition) is 0. The van der Waals surface area contributed by atoms with E-state index in [9.17, 15) is 0 Å². The highest BCUT2D eigenvalue weighted by molar-refractivity contribution is 7.27. The molecule has 226 valence electrons. The Morgan fingerprint density at radius 2 is 1.06 bits per heavy atom. The van der Waals surface area contributed by atoms with Gasteiger partial charge in [-0.3, -0.25) is 0 Å². The van der Waals surface area contributed by atoms with Gasteiger partial charge in [-0.1, -0.05) is 103 Å². The van der Waals surface area contributed by atoms with Crippen molar-refractivity contribution in [2.45, 2.75) is 0 Å². The zero-order valence-electron chi connectivity index (χ0n) is 25.6. The summed E-state index contributed by atoms with van der Waals surface area (Å²) in [6.45, 7) is 0. The van der Waals surface area contributed by atoms with Crippen LogP contribution in [0.15, 0.2) is 158 Å². The molecule has 5 heteroatoms. The van der Waals surface area contributed by atoms with Crippen LogP contribution in [-0.4, -0.2) is 4.98 Å². The Labute approximate surface area is 289 Å². The fraction of sp³-hybridized carbons (Fsp3) is 0. The van der Waals surface area contributed by atoms with E-state index in [1.165, 1.54) is 61.9 Å². The van der Waals surface area contributed by atoms with Gasteiger partial charge in [0.1, 0.15) is 5.01 Å². The number of rotatable bonds is 5. The van der Waals surface area contributed by atoms with Crippen LogP contribution in [0.4, 0.5) is 17.1 Å². The highest BCUT2D eigenvalue weighted by atomic mass is 32.1. The molecule has 10 rings (SSSR count). The topological polar surface area (TPSA) is 16.1 Å². The zero-order chi connectivity index (χ0) is 31.6. The molecular formula is C43H26N2S3. The van der Waals surface area contributed by atoms with Gasteiger partial charge >= 0.3 is 0 Å². The maximum atomic E-state index is 5.24. The van der Waals surface area contributed by atoms with Crippen LogP contribution in [0.1, 0.15) is 0 Å². The molecule has 3 heterocycles. The second-order valence-corrected chi connectivity index (χ2v) is 15.1. The van der Waals surface area contributed by atoms with Gasteiger partial charge in [-0.05, 0) is 65.7 Å². The normalized spacial score (nSPS) is 11.8. The number of nitrogens with zero attached hydrogens (tertiary/aromatic N) is 2. The van der Waals surface area contributed by atoms with E-state index in [0.29, 0.717) is 0 Å². The molecule has 48 heavy (non-hydrogen) atoms. The molecule has 0 aliphatic rings. The highest BCUT2D eigenvalue weighted by Gasteiger charge is 2.20. The third kappa shape index (κ3) is 4.47. The summed E-state index contributed by atoms with van der Waals surface area (Å²) in [5, 5.41) is 6.15. The van der Waals surface area contributed by atoms with E-state index in [1.54, 1.807) is 11.3 Å². The van der Waals surface area contributed by atoms with Crippen molar-refractivity contribution in [1.82, 2.24) is 4.98 Å². The summed E-state index contributed by atoms with van der Waals surface area (Å²) in [6, 6.07) is 57.1. The molecule has 2 nitrogen and oxygen atoms in total. The molecule has 0 N–H and O–H groups in total. The summed E-state index contributed by atoms with van der Waals surface area (Å²) >= 11 is 5.48. The maximum Gasteiger partial charge on any atom is 0.124 e. The van der Waals surface area contributed by atoms with Crippen molar-refractivity contribution in [1.29, 1.82) is 0 Å². The summed E-state index contributed by atoms with van der Waals surface area (Å²) in [4.78, 5) is 7.68. The molecule has 0 saturated heterocycles. The van der Waals surface area contributed by atoms with Crippen LogP contribution in [0.2, 0.25) is 0 Å². The van der Waals surface area contributed by atoms with Gasteiger partial charge in [0, 0.05) is 52.6 Å². The Morgan fingerprint density at radius 3 is 1.90 bits per heavy atom. The van der Waals surface area contributed by atoms with Gasteiger partial charge in [-0.25, -0.2) is 4.98 Å². The van der Waals surface area contributed by atoms with Crippen LogP contribution in [0.5, 0.6) is 0 Å². The highest BCUT2D eigenvalue weighted by Crippen LogP contribution is 2.47. The van der Waals surface area contributed by atoms with Crippen molar-refractivity contribution in [3.05, 3.63) is 158 Å². The average molecular weight is 667 g/mol. The van der Waals surface area contributed by atoms with Gasteiger partial charge in [-0.15, -0.1) is 34.0 Å². The minimum atomic E-state index is 1.06. The van der Waals surface area contributed by atoms with E-state index >= 15 is 0 Å². The number of aromatic nitrogens is 1. The van der Waals surface area contributed by atoms with E-state index in [1.807, 2.05) is 22.7 Å². The monoisotopic (exact) mass is 666 g/mol. The Balaban J connectivity index is 1.20.